The Hall–Kier alpha value is -2.45. The number of unbranched alkanes of at least 4 members (excludes halogenated alkanes) is 6. The molecule has 0 fully saturated rings. The maximum Gasteiger partial charge on any atom is 0.261 e. The summed E-state index contributed by atoms with van der Waals surface area (Å²) in [6, 6.07) is 11.4. The first kappa shape index (κ1) is 40.7. The fourth-order valence-corrected chi connectivity index (χ4v) is 6.82. The summed E-state index contributed by atoms with van der Waals surface area (Å²) in [5, 5.41) is 5.55. The van der Waals surface area contributed by atoms with Crippen molar-refractivity contribution >= 4 is 28.5 Å². The lowest BCUT2D eigenvalue weighted by Crippen LogP contribution is -3.00. The normalized spacial score (nSPS) is 14.5. The van der Waals surface area contributed by atoms with Gasteiger partial charge in [0.05, 0.1) is 54.2 Å². The highest BCUT2D eigenvalue weighted by Gasteiger charge is 2.38. The SMILES string of the molecule is CC(C)(CN1C(=O)c2cccc3cccc(c23)C1=O)C[N+](C)(C)CCCCCCCCC[N+](C)(C)CC#CCOC1=NOCC1.[Br-].[Br-]. The fourth-order valence-electron chi connectivity index (χ4n) is 6.82. The van der Waals surface area contributed by atoms with Gasteiger partial charge in [-0.25, -0.2) is 0 Å². The number of imide groups is 1. The van der Waals surface area contributed by atoms with Gasteiger partial charge in [0.25, 0.3) is 11.8 Å². The van der Waals surface area contributed by atoms with E-state index in [1.807, 2.05) is 36.4 Å². The van der Waals surface area contributed by atoms with Crippen LogP contribution in [-0.4, -0.2) is 106 Å². The molecule has 0 N–H and O–H groups in total. The summed E-state index contributed by atoms with van der Waals surface area (Å²) in [7, 11) is 9.03. The number of carbonyl (C=O) groups excluding carboxylic acids is 2. The van der Waals surface area contributed by atoms with Crippen LogP contribution in [-0.2, 0) is 9.57 Å². The third kappa shape index (κ3) is 12.2. The Morgan fingerprint density at radius 2 is 1.38 bits per heavy atom. The number of benzene rings is 2. The van der Waals surface area contributed by atoms with E-state index in [4.69, 9.17) is 9.57 Å². The van der Waals surface area contributed by atoms with E-state index in [2.05, 4.69) is 59.0 Å². The molecule has 4 rings (SSSR count). The summed E-state index contributed by atoms with van der Waals surface area (Å²) < 4.78 is 7.27. The number of hydrogen-bond donors (Lipinski definition) is 0. The standard InChI is InChI=1S/C37H54N4O4.2BrH/c1-37(2,28-39-35(42)31-20-16-18-30-19-17-21-32(34(30)31)36(39)43)29-41(5,6)25-13-11-9-7-8-10-12-23-40(3,4)24-14-15-26-44-33-22-27-45-38-33;;/h16-21H,7-13,22-29H2,1-6H3;2*1H/q+2;;/p-2. The van der Waals surface area contributed by atoms with Gasteiger partial charge < -0.3 is 52.5 Å². The Morgan fingerprint density at radius 1 is 0.830 bits per heavy atom. The van der Waals surface area contributed by atoms with Gasteiger partial charge in [0.1, 0.15) is 13.2 Å². The number of halogens is 2. The van der Waals surface area contributed by atoms with Crippen LogP contribution >= 0.6 is 0 Å². The number of hydrogen-bond acceptors (Lipinski definition) is 5. The molecule has 0 saturated heterocycles. The van der Waals surface area contributed by atoms with Crippen LogP contribution in [0.1, 0.15) is 85.9 Å². The molecular weight excluding hydrogens is 724 g/mol. The van der Waals surface area contributed by atoms with Crippen molar-refractivity contribution in [1.82, 2.24) is 4.90 Å². The fraction of sp³-hybridized carbons (Fsp3) is 0.595. The van der Waals surface area contributed by atoms with E-state index in [0.29, 0.717) is 36.8 Å². The van der Waals surface area contributed by atoms with Crippen molar-refractivity contribution in [2.24, 2.45) is 10.6 Å². The molecule has 2 aromatic carbocycles. The van der Waals surface area contributed by atoms with Crippen molar-refractivity contribution in [2.45, 2.75) is 65.2 Å². The van der Waals surface area contributed by atoms with Gasteiger partial charge in [-0.3, -0.25) is 14.5 Å². The highest BCUT2D eigenvalue weighted by atomic mass is 79.9. The van der Waals surface area contributed by atoms with Gasteiger partial charge in [-0.05, 0) is 49.1 Å². The van der Waals surface area contributed by atoms with Crippen LogP contribution in [0.25, 0.3) is 10.8 Å². The largest absolute Gasteiger partial charge is 1.00 e. The summed E-state index contributed by atoms with van der Waals surface area (Å²) >= 11 is 0. The summed E-state index contributed by atoms with van der Waals surface area (Å²) in [5.41, 5.74) is 1.06. The first-order chi connectivity index (χ1) is 21.4. The average Bonchev–Trinajstić information content (AvgIpc) is 3.50. The molecule has 0 radical (unpaired) electrons. The van der Waals surface area contributed by atoms with E-state index in [9.17, 15) is 9.59 Å². The predicted octanol–water partition coefficient (Wildman–Crippen LogP) is 0.107. The first-order valence-corrected chi connectivity index (χ1v) is 16.7. The maximum atomic E-state index is 13.4. The quantitative estimate of drug-likeness (QED) is 0.105. The summed E-state index contributed by atoms with van der Waals surface area (Å²) in [6.45, 7) is 9.70. The van der Waals surface area contributed by atoms with Crippen LogP contribution in [0.3, 0.4) is 0 Å². The Labute approximate surface area is 303 Å². The van der Waals surface area contributed by atoms with Gasteiger partial charge in [-0.2, -0.15) is 0 Å². The Balaban J connectivity index is 0.00000384. The molecule has 0 unspecified atom stereocenters. The molecule has 260 valence electrons. The molecule has 2 amide bonds. The molecule has 10 heteroatoms. The topological polar surface area (TPSA) is 68.2 Å². The third-order valence-electron chi connectivity index (χ3n) is 8.84. The van der Waals surface area contributed by atoms with Crippen molar-refractivity contribution < 1.29 is 62.1 Å². The molecule has 0 saturated carbocycles. The third-order valence-corrected chi connectivity index (χ3v) is 8.84. The maximum absolute atomic E-state index is 13.4. The van der Waals surface area contributed by atoms with E-state index >= 15 is 0 Å². The number of quaternary nitrogens is 2. The molecule has 8 nitrogen and oxygen atoms in total. The zero-order valence-electron chi connectivity index (χ0n) is 29.2. The molecule has 2 aromatic rings. The van der Waals surface area contributed by atoms with Crippen LogP contribution in [0.15, 0.2) is 41.6 Å². The van der Waals surface area contributed by atoms with E-state index < -0.39 is 0 Å². The highest BCUT2D eigenvalue weighted by molar-refractivity contribution is 6.25. The second-order valence-corrected chi connectivity index (χ2v) is 14.9. The molecule has 0 aromatic heterocycles. The van der Waals surface area contributed by atoms with E-state index in [-0.39, 0.29) is 51.2 Å². The molecule has 2 aliphatic heterocycles. The molecule has 2 aliphatic rings. The Morgan fingerprint density at radius 3 is 1.94 bits per heavy atom. The van der Waals surface area contributed by atoms with Gasteiger partial charge in [-0.1, -0.05) is 68.5 Å². The molecule has 47 heavy (non-hydrogen) atoms. The predicted molar refractivity (Wildman–Crippen MR) is 181 cm³/mol. The number of oxime groups is 1. The summed E-state index contributed by atoms with van der Waals surface area (Å²) in [5.74, 6) is 6.64. The number of rotatable bonds is 16. The second kappa shape index (κ2) is 18.4. The van der Waals surface area contributed by atoms with Crippen LogP contribution < -0.4 is 34.0 Å². The van der Waals surface area contributed by atoms with Gasteiger partial charge in [0.2, 0.25) is 5.90 Å². The van der Waals surface area contributed by atoms with Crippen molar-refractivity contribution in [2.75, 3.05) is 74.1 Å². The van der Waals surface area contributed by atoms with Crippen molar-refractivity contribution in [1.29, 1.82) is 0 Å². The Kier molecular flexibility index (Phi) is 15.9. The first-order valence-electron chi connectivity index (χ1n) is 16.7. The van der Waals surface area contributed by atoms with Crippen LogP contribution in [0.4, 0.5) is 0 Å². The number of carbonyl (C=O) groups is 2. The molecule has 0 bridgehead atoms. The van der Waals surface area contributed by atoms with Crippen LogP contribution in [0, 0.1) is 17.3 Å². The number of amides is 2. The summed E-state index contributed by atoms with van der Waals surface area (Å²) in [6.07, 6.45) is 9.48. The number of nitrogens with zero attached hydrogens (tertiary/aromatic N) is 4. The second-order valence-electron chi connectivity index (χ2n) is 14.9. The lowest BCUT2D eigenvalue weighted by molar-refractivity contribution is -0.896. The van der Waals surface area contributed by atoms with Crippen LogP contribution in [0.2, 0.25) is 0 Å². The van der Waals surface area contributed by atoms with E-state index in [1.165, 1.54) is 49.8 Å². The molecule has 0 aliphatic carbocycles. The smallest absolute Gasteiger partial charge is 0.261 e. The zero-order valence-corrected chi connectivity index (χ0v) is 32.4. The van der Waals surface area contributed by atoms with Crippen molar-refractivity contribution in [3.63, 3.8) is 0 Å². The Bertz CT molecular complexity index is 1390. The monoisotopic (exact) mass is 776 g/mol. The summed E-state index contributed by atoms with van der Waals surface area (Å²) in [4.78, 5) is 33.3. The number of ether oxygens (including phenoxy) is 1. The minimum atomic E-state index is -0.208. The average molecular weight is 779 g/mol. The van der Waals surface area contributed by atoms with Crippen LogP contribution in [0.5, 0.6) is 0 Å². The minimum Gasteiger partial charge on any atom is -1.00 e. The molecule has 0 atom stereocenters. The van der Waals surface area contributed by atoms with Crippen molar-refractivity contribution in [3.05, 3.63) is 47.5 Å². The van der Waals surface area contributed by atoms with Gasteiger partial charge >= 0.3 is 0 Å². The van der Waals surface area contributed by atoms with Gasteiger partial charge in [-0.15, -0.1) is 0 Å². The molecule has 2 heterocycles. The molecule has 0 spiro atoms. The minimum absolute atomic E-state index is 0. The zero-order chi connectivity index (χ0) is 32.5. The van der Waals surface area contributed by atoms with E-state index in [1.54, 1.807) is 0 Å². The van der Waals surface area contributed by atoms with Gasteiger partial charge in [0, 0.05) is 28.5 Å². The van der Waals surface area contributed by atoms with E-state index in [0.717, 1.165) is 52.3 Å². The van der Waals surface area contributed by atoms with Gasteiger partial charge in [0.15, 0.2) is 6.61 Å². The highest BCUT2D eigenvalue weighted by Crippen LogP contribution is 2.32. The lowest BCUT2D eigenvalue weighted by atomic mass is 9.88. The molecular formula is C37H54Br2N4O4. The van der Waals surface area contributed by atoms with Crippen molar-refractivity contribution in [3.8, 4) is 11.8 Å². The lowest BCUT2D eigenvalue weighted by Gasteiger charge is -2.40.